The van der Waals surface area contributed by atoms with Crippen molar-refractivity contribution in [3.8, 4) is 0 Å². The third-order valence-corrected chi connectivity index (χ3v) is 5.23. The second-order valence-corrected chi connectivity index (χ2v) is 6.25. The second kappa shape index (κ2) is 4.39. The van der Waals surface area contributed by atoms with Crippen LogP contribution in [0.3, 0.4) is 0 Å². The predicted molar refractivity (Wildman–Crippen MR) is 54.1 cm³/mol. The van der Waals surface area contributed by atoms with Crippen LogP contribution in [0.4, 0.5) is 0 Å². The van der Waals surface area contributed by atoms with Gasteiger partial charge in [0.05, 0.1) is 5.75 Å². The highest BCUT2D eigenvalue weighted by Crippen LogP contribution is 2.16. The average molecular weight is 240 g/mol. The van der Waals surface area contributed by atoms with Crippen molar-refractivity contribution in [3.63, 3.8) is 0 Å². The Balaban J connectivity index is 2.79. The van der Waals surface area contributed by atoms with Crippen LogP contribution in [-0.4, -0.2) is 25.0 Å². The fourth-order valence-electron chi connectivity index (χ4n) is 0.854. The minimum Gasteiger partial charge on any atom is -0.234 e. The number of nitrogens with zero attached hydrogens (tertiary/aromatic N) is 1. The predicted octanol–water partition coefficient (Wildman–Crippen LogP) is 1.79. The lowest BCUT2D eigenvalue weighted by molar-refractivity contribution is 0.582. The molecule has 0 saturated carbocycles. The zero-order valence-electron chi connectivity index (χ0n) is 7.10. The van der Waals surface area contributed by atoms with Crippen LogP contribution in [-0.2, 0) is 9.84 Å². The first-order valence-corrected chi connectivity index (χ1v) is 6.81. The monoisotopic (exact) mass is 239 g/mol. The molecule has 0 saturated heterocycles. The summed E-state index contributed by atoms with van der Waals surface area (Å²) in [4.78, 5) is 3.76. The summed E-state index contributed by atoms with van der Waals surface area (Å²) in [6, 6.07) is 0. The minimum atomic E-state index is -3.21. The summed E-state index contributed by atoms with van der Waals surface area (Å²) in [6.07, 6.45) is 1.49. The van der Waals surface area contributed by atoms with E-state index in [0.29, 0.717) is 5.88 Å². The molecule has 1 unspecified atom stereocenters. The van der Waals surface area contributed by atoms with Crippen LogP contribution >= 0.6 is 22.9 Å². The second-order valence-electron chi connectivity index (χ2n) is 2.84. The normalized spacial score (nSPS) is 14.3. The molecule has 1 aromatic heterocycles. The van der Waals surface area contributed by atoms with Crippen molar-refractivity contribution in [1.82, 2.24) is 4.98 Å². The molecule has 0 aliphatic rings. The van der Waals surface area contributed by atoms with Gasteiger partial charge in [0.2, 0.25) is 14.2 Å². The van der Waals surface area contributed by atoms with E-state index in [1.807, 2.05) is 0 Å². The Hall–Kier alpha value is -0.130. The first-order valence-electron chi connectivity index (χ1n) is 3.74. The zero-order chi connectivity index (χ0) is 9.90. The number of alkyl halides is 1. The molecule has 0 radical (unpaired) electrons. The first-order chi connectivity index (χ1) is 6.06. The molecule has 0 amide bonds. The molecule has 0 aliphatic carbocycles. The average Bonchev–Trinajstić information content (AvgIpc) is 2.55. The Kier molecular flexibility index (Phi) is 3.70. The number of thiazole rings is 1. The number of rotatable bonds is 4. The summed E-state index contributed by atoms with van der Waals surface area (Å²) in [6.45, 7) is 1.80. The van der Waals surface area contributed by atoms with Crippen molar-refractivity contribution >= 4 is 32.8 Å². The van der Waals surface area contributed by atoms with E-state index in [2.05, 4.69) is 4.98 Å². The molecule has 0 aromatic carbocycles. The fraction of sp³-hybridized carbons (Fsp3) is 0.571. The van der Waals surface area contributed by atoms with E-state index in [0.717, 1.165) is 11.3 Å². The van der Waals surface area contributed by atoms with Gasteiger partial charge < -0.3 is 0 Å². The SMILES string of the molecule is CC(CCl)CS(=O)(=O)c1nccs1. The smallest absolute Gasteiger partial charge is 0.209 e. The molecular weight excluding hydrogens is 230 g/mol. The van der Waals surface area contributed by atoms with Crippen molar-refractivity contribution in [3.05, 3.63) is 11.6 Å². The van der Waals surface area contributed by atoms with E-state index < -0.39 is 9.84 Å². The van der Waals surface area contributed by atoms with Crippen LogP contribution in [0.2, 0.25) is 0 Å². The molecule has 6 heteroatoms. The van der Waals surface area contributed by atoms with Gasteiger partial charge in [-0.2, -0.15) is 0 Å². The molecule has 1 aromatic rings. The molecule has 1 heterocycles. The van der Waals surface area contributed by atoms with Crippen LogP contribution in [0.1, 0.15) is 6.92 Å². The molecule has 1 atom stereocenters. The summed E-state index contributed by atoms with van der Waals surface area (Å²) in [5, 5.41) is 1.65. The molecule has 0 N–H and O–H groups in total. The van der Waals surface area contributed by atoms with E-state index in [-0.39, 0.29) is 16.0 Å². The molecule has 3 nitrogen and oxygen atoms in total. The maximum atomic E-state index is 11.6. The molecular formula is C7H10ClNO2S2. The highest BCUT2D eigenvalue weighted by atomic mass is 35.5. The van der Waals surface area contributed by atoms with Crippen LogP contribution in [0.25, 0.3) is 0 Å². The number of hydrogen-bond donors (Lipinski definition) is 0. The van der Waals surface area contributed by atoms with E-state index >= 15 is 0 Å². The van der Waals surface area contributed by atoms with Gasteiger partial charge in [0.25, 0.3) is 0 Å². The Labute approximate surface area is 86.7 Å². The highest BCUT2D eigenvalue weighted by molar-refractivity contribution is 7.93. The lowest BCUT2D eigenvalue weighted by atomic mass is 10.3. The van der Waals surface area contributed by atoms with E-state index in [1.165, 1.54) is 6.20 Å². The molecule has 1 rings (SSSR count). The van der Waals surface area contributed by atoms with E-state index in [9.17, 15) is 8.42 Å². The number of aromatic nitrogens is 1. The quantitative estimate of drug-likeness (QED) is 0.753. The molecule has 74 valence electrons. The van der Waals surface area contributed by atoms with Gasteiger partial charge in [-0.15, -0.1) is 22.9 Å². The molecule has 0 aliphatic heterocycles. The maximum Gasteiger partial charge on any atom is 0.209 e. The molecule has 0 fully saturated rings. The van der Waals surface area contributed by atoms with E-state index in [1.54, 1.807) is 12.3 Å². The summed E-state index contributed by atoms with van der Waals surface area (Å²) >= 11 is 6.68. The number of sulfone groups is 1. The van der Waals surface area contributed by atoms with Crippen molar-refractivity contribution < 1.29 is 8.42 Å². The van der Waals surface area contributed by atoms with Crippen molar-refractivity contribution in [2.45, 2.75) is 11.3 Å². The largest absolute Gasteiger partial charge is 0.234 e. The Morgan fingerprint density at radius 2 is 2.38 bits per heavy atom. The van der Waals surface area contributed by atoms with Crippen molar-refractivity contribution in [1.29, 1.82) is 0 Å². The molecule has 0 bridgehead atoms. The molecule has 13 heavy (non-hydrogen) atoms. The number of halogens is 1. The van der Waals surface area contributed by atoms with Gasteiger partial charge >= 0.3 is 0 Å². The fourth-order valence-corrected chi connectivity index (χ4v) is 3.64. The third kappa shape index (κ3) is 2.93. The van der Waals surface area contributed by atoms with Gasteiger partial charge in [-0.1, -0.05) is 6.92 Å². The highest BCUT2D eigenvalue weighted by Gasteiger charge is 2.20. The lowest BCUT2D eigenvalue weighted by Gasteiger charge is -2.05. The van der Waals surface area contributed by atoms with Gasteiger partial charge in [-0.05, 0) is 5.92 Å². The van der Waals surface area contributed by atoms with Crippen molar-refractivity contribution in [2.24, 2.45) is 5.92 Å². The zero-order valence-corrected chi connectivity index (χ0v) is 9.49. The van der Waals surface area contributed by atoms with Crippen LogP contribution in [0.5, 0.6) is 0 Å². The van der Waals surface area contributed by atoms with Gasteiger partial charge in [0.1, 0.15) is 0 Å². The van der Waals surface area contributed by atoms with Gasteiger partial charge in [-0.3, -0.25) is 0 Å². The van der Waals surface area contributed by atoms with Crippen molar-refractivity contribution in [2.75, 3.05) is 11.6 Å². The van der Waals surface area contributed by atoms with Gasteiger partial charge in [0.15, 0.2) is 0 Å². The minimum absolute atomic E-state index is 0.0319. The topological polar surface area (TPSA) is 47.0 Å². The summed E-state index contributed by atoms with van der Waals surface area (Å²) < 4.78 is 23.3. The standard InChI is InChI=1S/C7H10ClNO2S2/c1-6(4-8)5-13(10,11)7-9-2-3-12-7/h2-3,6H,4-5H2,1H3. The van der Waals surface area contributed by atoms with Gasteiger partial charge in [-0.25, -0.2) is 13.4 Å². The lowest BCUT2D eigenvalue weighted by Crippen LogP contribution is -2.14. The first kappa shape index (κ1) is 10.9. The Bertz CT molecular complexity index is 347. The number of hydrogen-bond acceptors (Lipinski definition) is 4. The maximum absolute atomic E-state index is 11.6. The third-order valence-electron chi connectivity index (χ3n) is 1.44. The Morgan fingerprint density at radius 3 is 2.85 bits per heavy atom. The summed E-state index contributed by atoms with van der Waals surface area (Å²) in [5.41, 5.74) is 0. The van der Waals surface area contributed by atoms with Gasteiger partial charge in [0, 0.05) is 17.5 Å². The van der Waals surface area contributed by atoms with E-state index in [4.69, 9.17) is 11.6 Å². The van der Waals surface area contributed by atoms with Crippen LogP contribution in [0.15, 0.2) is 15.9 Å². The van der Waals surface area contributed by atoms with Crippen LogP contribution in [0, 0.1) is 5.92 Å². The Morgan fingerprint density at radius 1 is 1.69 bits per heavy atom. The molecule has 0 spiro atoms. The summed E-state index contributed by atoms with van der Waals surface area (Å²) in [7, 11) is -3.21. The summed E-state index contributed by atoms with van der Waals surface area (Å²) in [5.74, 6) is 0.393. The van der Waals surface area contributed by atoms with Crippen LogP contribution < -0.4 is 0 Å².